The number of hydrogen-bond donors (Lipinski definition) is 2. The normalized spacial score (nSPS) is 10.2. The third-order valence-corrected chi connectivity index (χ3v) is 3.60. The summed E-state index contributed by atoms with van der Waals surface area (Å²) >= 11 is 0. The van der Waals surface area contributed by atoms with Crippen LogP contribution >= 0.6 is 0 Å². The molecule has 1 aromatic heterocycles. The van der Waals surface area contributed by atoms with Gasteiger partial charge in [-0.3, -0.25) is 9.89 Å². The minimum absolute atomic E-state index is 0.264. The lowest BCUT2D eigenvalue weighted by molar-refractivity contribution is 0.102. The quantitative estimate of drug-likeness (QED) is 0.755. The highest BCUT2D eigenvalue weighted by Gasteiger charge is 2.16. The Balaban J connectivity index is 1.80. The summed E-state index contributed by atoms with van der Waals surface area (Å²) in [7, 11) is 3.04. The molecule has 0 fully saturated rings. The highest BCUT2D eigenvalue weighted by Crippen LogP contribution is 2.31. The standard InChI is InChI=1S/C18H17N3O3/c1-23-16-5-3-4-14(17(16)24-2)18(22)20-13-8-6-12(7-9-13)15-10-11-19-21-15/h3-11H,1-2H3,(H,19,21)(H,20,22). The predicted octanol–water partition coefficient (Wildman–Crippen LogP) is 3.35. The first-order chi connectivity index (χ1) is 11.7. The molecule has 6 heteroatoms. The fourth-order valence-corrected chi connectivity index (χ4v) is 2.41. The Kier molecular flexibility index (Phi) is 4.47. The fraction of sp³-hybridized carbons (Fsp3) is 0.111. The monoisotopic (exact) mass is 323 g/mol. The third kappa shape index (κ3) is 3.08. The molecule has 0 radical (unpaired) electrons. The Morgan fingerprint density at radius 2 is 1.83 bits per heavy atom. The van der Waals surface area contributed by atoms with E-state index < -0.39 is 0 Å². The van der Waals surface area contributed by atoms with Crippen LogP contribution in [0.4, 0.5) is 5.69 Å². The maximum Gasteiger partial charge on any atom is 0.259 e. The largest absolute Gasteiger partial charge is 0.493 e. The number of nitrogens with one attached hydrogen (secondary N) is 2. The van der Waals surface area contributed by atoms with Crippen molar-refractivity contribution >= 4 is 11.6 Å². The number of H-pyrrole nitrogens is 1. The molecule has 6 nitrogen and oxygen atoms in total. The Morgan fingerprint density at radius 1 is 1.04 bits per heavy atom. The van der Waals surface area contributed by atoms with Crippen LogP contribution in [0.25, 0.3) is 11.3 Å². The van der Waals surface area contributed by atoms with E-state index in [1.807, 2.05) is 30.3 Å². The van der Waals surface area contributed by atoms with Gasteiger partial charge in [-0.25, -0.2) is 0 Å². The summed E-state index contributed by atoms with van der Waals surface area (Å²) in [5, 5.41) is 9.68. The summed E-state index contributed by atoms with van der Waals surface area (Å²) in [5.41, 5.74) is 3.01. The van der Waals surface area contributed by atoms with Gasteiger partial charge < -0.3 is 14.8 Å². The molecule has 0 aliphatic carbocycles. The Labute approximate surface area is 139 Å². The molecule has 24 heavy (non-hydrogen) atoms. The second-order valence-corrected chi connectivity index (χ2v) is 5.04. The van der Waals surface area contributed by atoms with Crippen molar-refractivity contribution in [2.24, 2.45) is 0 Å². The summed E-state index contributed by atoms with van der Waals surface area (Å²) < 4.78 is 10.5. The van der Waals surface area contributed by atoms with E-state index in [4.69, 9.17) is 9.47 Å². The predicted molar refractivity (Wildman–Crippen MR) is 91.5 cm³/mol. The number of rotatable bonds is 5. The number of hydrogen-bond acceptors (Lipinski definition) is 4. The summed E-state index contributed by atoms with van der Waals surface area (Å²) in [6.45, 7) is 0. The maximum absolute atomic E-state index is 12.5. The minimum atomic E-state index is -0.264. The van der Waals surface area contributed by atoms with Gasteiger partial charge in [0.2, 0.25) is 0 Å². The molecular weight excluding hydrogens is 306 g/mol. The van der Waals surface area contributed by atoms with E-state index in [2.05, 4.69) is 15.5 Å². The number of anilines is 1. The van der Waals surface area contributed by atoms with Crippen LogP contribution in [-0.4, -0.2) is 30.3 Å². The van der Waals surface area contributed by atoms with Crippen molar-refractivity contribution in [1.82, 2.24) is 10.2 Å². The van der Waals surface area contributed by atoms with Crippen LogP contribution < -0.4 is 14.8 Å². The number of carbonyl (C=O) groups excluding carboxylic acids is 1. The van der Waals surface area contributed by atoms with E-state index >= 15 is 0 Å². The van der Waals surface area contributed by atoms with Crippen LogP contribution in [-0.2, 0) is 0 Å². The Morgan fingerprint density at radius 3 is 2.46 bits per heavy atom. The van der Waals surface area contributed by atoms with E-state index in [1.54, 1.807) is 24.4 Å². The van der Waals surface area contributed by atoms with Gasteiger partial charge in [-0.1, -0.05) is 18.2 Å². The summed E-state index contributed by atoms with van der Waals surface area (Å²) in [6, 6.07) is 14.6. The smallest absolute Gasteiger partial charge is 0.259 e. The fourth-order valence-electron chi connectivity index (χ4n) is 2.41. The first-order valence-electron chi connectivity index (χ1n) is 7.35. The van der Waals surface area contributed by atoms with Crippen molar-refractivity contribution in [3.05, 3.63) is 60.3 Å². The van der Waals surface area contributed by atoms with Crippen LogP contribution in [0.5, 0.6) is 11.5 Å². The van der Waals surface area contributed by atoms with Crippen molar-refractivity contribution in [3.63, 3.8) is 0 Å². The average molecular weight is 323 g/mol. The van der Waals surface area contributed by atoms with Crippen molar-refractivity contribution < 1.29 is 14.3 Å². The van der Waals surface area contributed by atoms with Gasteiger partial charge in [0.05, 0.1) is 25.5 Å². The number of methoxy groups -OCH3 is 2. The van der Waals surface area contributed by atoms with E-state index in [-0.39, 0.29) is 5.91 Å². The van der Waals surface area contributed by atoms with Crippen LogP contribution in [0, 0.1) is 0 Å². The molecule has 122 valence electrons. The van der Waals surface area contributed by atoms with Gasteiger partial charge >= 0.3 is 0 Å². The van der Waals surface area contributed by atoms with Crippen molar-refractivity contribution in [3.8, 4) is 22.8 Å². The minimum Gasteiger partial charge on any atom is -0.493 e. The lowest BCUT2D eigenvalue weighted by atomic mass is 10.1. The first-order valence-corrected chi connectivity index (χ1v) is 7.35. The Bertz CT molecular complexity index is 827. The third-order valence-electron chi connectivity index (χ3n) is 3.60. The zero-order valence-corrected chi connectivity index (χ0v) is 13.4. The molecule has 0 saturated heterocycles. The van der Waals surface area contributed by atoms with Gasteiger partial charge in [0.1, 0.15) is 0 Å². The number of aromatic nitrogens is 2. The van der Waals surface area contributed by atoms with Crippen LogP contribution in [0.2, 0.25) is 0 Å². The number of nitrogens with zero attached hydrogens (tertiary/aromatic N) is 1. The van der Waals surface area contributed by atoms with Gasteiger partial charge in [0.25, 0.3) is 5.91 Å². The lowest BCUT2D eigenvalue weighted by Crippen LogP contribution is -2.13. The van der Waals surface area contributed by atoms with Crippen molar-refractivity contribution in [1.29, 1.82) is 0 Å². The van der Waals surface area contributed by atoms with Crippen LogP contribution in [0.15, 0.2) is 54.7 Å². The van der Waals surface area contributed by atoms with Crippen molar-refractivity contribution in [2.45, 2.75) is 0 Å². The second-order valence-electron chi connectivity index (χ2n) is 5.04. The van der Waals surface area contributed by atoms with E-state index in [0.717, 1.165) is 11.3 Å². The van der Waals surface area contributed by atoms with E-state index in [0.29, 0.717) is 22.7 Å². The highest BCUT2D eigenvalue weighted by atomic mass is 16.5. The van der Waals surface area contributed by atoms with Crippen molar-refractivity contribution in [2.75, 3.05) is 19.5 Å². The Hall–Kier alpha value is -3.28. The molecule has 0 saturated carbocycles. The maximum atomic E-state index is 12.5. The highest BCUT2D eigenvalue weighted by molar-refractivity contribution is 6.06. The molecule has 2 aromatic carbocycles. The SMILES string of the molecule is COc1cccc(C(=O)Nc2ccc(-c3ccn[nH]3)cc2)c1OC. The second kappa shape index (κ2) is 6.87. The van der Waals surface area contributed by atoms with Gasteiger partial charge in [-0.15, -0.1) is 0 Å². The van der Waals surface area contributed by atoms with E-state index in [1.165, 1.54) is 14.2 Å². The van der Waals surface area contributed by atoms with Gasteiger partial charge in [-0.05, 0) is 35.9 Å². The summed E-state index contributed by atoms with van der Waals surface area (Å²) in [5.74, 6) is 0.659. The zero-order chi connectivity index (χ0) is 16.9. The number of carbonyl (C=O) groups is 1. The zero-order valence-electron chi connectivity index (χ0n) is 13.4. The van der Waals surface area contributed by atoms with Gasteiger partial charge in [0.15, 0.2) is 11.5 Å². The number of ether oxygens (including phenoxy) is 2. The topological polar surface area (TPSA) is 76.2 Å². The molecule has 0 aliphatic heterocycles. The molecule has 3 aromatic rings. The van der Waals surface area contributed by atoms with Gasteiger partial charge in [-0.2, -0.15) is 5.10 Å². The molecule has 0 spiro atoms. The number of aromatic amines is 1. The number of benzene rings is 2. The number of amides is 1. The van der Waals surface area contributed by atoms with Gasteiger partial charge in [0, 0.05) is 11.9 Å². The molecule has 1 amide bonds. The molecule has 0 aliphatic rings. The van der Waals surface area contributed by atoms with Crippen LogP contribution in [0.3, 0.4) is 0 Å². The average Bonchev–Trinajstić information content (AvgIpc) is 3.16. The molecular formula is C18H17N3O3. The molecule has 2 N–H and O–H groups in total. The number of para-hydroxylation sites is 1. The molecule has 3 rings (SSSR count). The molecule has 0 atom stereocenters. The lowest BCUT2D eigenvalue weighted by Gasteiger charge is -2.12. The van der Waals surface area contributed by atoms with Crippen LogP contribution in [0.1, 0.15) is 10.4 Å². The molecule has 0 unspecified atom stereocenters. The molecule has 1 heterocycles. The summed E-state index contributed by atoms with van der Waals surface area (Å²) in [4.78, 5) is 12.5. The van der Waals surface area contributed by atoms with E-state index in [9.17, 15) is 4.79 Å². The summed E-state index contributed by atoms with van der Waals surface area (Å²) in [6.07, 6.45) is 1.69. The molecule has 0 bridgehead atoms. The first kappa shape index (κ1) is 15.6.